The highest BCUT2D eigenvalue weighted by Gasteiger charge is 2.47. The van der Waals surface area contributed by atoms with Gasteiger partial charge in [-0.2, -0.15) is 0 Å². The SMILES string of the molecule is Cc1cc(C2(c3ccc(N4C(=O)c5ccc(C(=O)c6ccc7c(c6)C(=O)CCC7=O)cc5C4=O)c(C)c3)c3ccccc3-c3ccccc32)ccc1N(C)C.[3H]OB(C)F. The number of benzene rings is 6. The van der Waals surface area contributed by atoms with E-state index in [1.807, 2.05) is 33.2 Å². The van der Waals surface area contributed by atoms with Crippen molar-refractivity contribution in [1.29, 1.82) is 1.43 Å². The molecule has 0 atom stereocenters. The highest BCUT2D eigenvalue weighted by atomic mass is 19.1. The molecular weight excluding hydrogens is 742 g/mol. The molecule has 6 aromatic carbocycles. The lowest BCUT2D eigenvalue weighted by Crippen LogP contribution is -2.31. The molecule has 0 radical (unpaired) electrons. The number of hydrogen-bond acceptors (Lipinski definition) is 7. The zero-order valence-corrected chi connectivity index (χ0v) is 33.3. The number of nitrogens with zero attached hydrogens (tertiary/aromatic N) is 2. The van der Waals surface area contributed by atoms with Crippen molar-refractivity contribution in [2.24, 2.45) is 0 Å². The zero-order chi connectivity index (χ0) is 42.6. The molecule has 1 aliphatic heterocycles. The number of Topliss-reactive ketones (excluding diaryl/α,β-unsaturated/α-hetero) is 2. The Morgan fingerprint density at radius 2 is 1.17 bits per heavy atom. The minimum Gasteiger partial charge on any atom is -0.424 e. The van der Waals surface area contributed by atoms with Gasteiger partial charge in [0.1, 0.15) is 0 Å². The van der Waals surface area contributed by atoms with Crippen LogP contribution in [0.3, 0.4) is 0 Å². The monoisotopic (exact) mass is 784 g/mol. The summed E-state index contributed by atoms with van der Waals surface area (Å²) < 4.78 is 16.8. The van der Waals surface area contributed by atoms with E-state index in [9.17, 15) is 28.3 Å². The molecule has 10 heteroatoms. The average Bonchev–Trinajstić information content (AvgIpc) is 3.69. The van der Waals surface area contributed by atoms with Crippen molar-refractivity contribution in [1.82, 2.24) is 0 Å². The minimum atomic E-state index is -1.45. The highest BCUT2D eigenvalue weighted by Crippen LogP contribution is 2.56. The van der Waals surface area contributed by atoms with Gasteiger partial charge in [-0.25, -0.2) is 4.90 Å². The maximum Gasteiger partial charge on any atom is 0.493 e. The van der Waals surface area contributed by atoms with E-state index in [0.29, 0.717) is 11.3 Å². The molecule has 1 heterocycles. The Bertz CT molecular complexity index is 2770. The molecule has 1 N–H and O–H groups in total. The molecular formula is C49H40BFN2O6. The van der Waals surface area contributed by atoms with Gasteiger partial charge < -0.3 is 9.93 Å². The van der Waals surface area contributed by atoms with Gasteiger partial charge in [0.05, 0.1) is 22.2 Å². The van der Waals surface area contributed by atoms with Gasteiger partial charge in [0.15, 0.2) is 18.8 Å². The number of rotatable bonds is 7. The first-order valence-corrected chi connectivity index (χ1v) is 19.4. The van der Waals surface area contributed by atoms with Crippen LogP contribution < -0.4 is 9.80 Å². The number of hydrogen-bond donors (Lipinski definition) is 1. The minimum absolute atomic E-state index is 0.111. The van der Waals surface area contributed by atoms with Crippen LogP contribution >= 0.6 is 0 Å². The van der Waals surface area contributed by atoms with E-state index >= 15 is 0 Å². The molecule has 0 fully saturated rings. The summed E-state index contributed by atoms with van der Waals surface area (Å²) in [4.78, 5) is 70.0. The summed E-state index contributed by atoms with van der Waals surface area (Å²) in [5.41, 5.74) is 11.0. The molecule has 0 bridgehead atoms. The Kier molecular flexibility index (Phi) is 9.52. The van der Waals surface area contributed by atoms with Crippen LogP contribution in [0, 0.1) is 13.8 Å². The van der Waals surface area contributed by atoms with E-state index in [4.69, 9.17) is 1.43 Å². The molecule has 0 spiro atoms. The molecule has 2 amide bonds. The van der Waals surface area contributed by atoms with Crippen molar-refractivity contribution in [2.75, 3.05) is 23.9 Å². The normalized spacial score (nSPS) is 14.7. The predicted octanol–water partition coefficient (Wildman–Crippen LogP) is 8.99. The smallest absolute Gasteiger partial charge is 0.424 e. The number of anilines is 2. The first kappa shape index (κ1) is 37.8. The summed E-state index contributed by atoms with van der Waals surface area (Å²) in [5.74, 6) is -1.69. The van der Waals surface area contributed by atoms with Crippen LogP contribution in [-0.4, -0.2) is 56.9 Å². The van der Waals surface area contributed by atoms with E-state index < -0.39 is 30.2 Å². The summed E-state index contributed by atoms with van der Waals surface area (Å²) in [7, 11) is 2.63. The first-order valence-electron chi connectivity index (χ1n) is 19.8. The summed E-state index contributed by atoms with van der Waals surface area (Å²) in [6.45, 7) is 5.19. The Hall–Kier alpha value is -6.78. The van der Waals surface area contributed by atoms with Crippen molar-refractivity contribution in [3.8, 4) is 11.1 Å². The second-order valence-electron chi connectivity index (χ2n) is 15.4. The molecule has 6 aromatic rings. The maximum absolute atomic E-state index is 14.1. The van der Waals surface area contributed by atoms with Crippen molar-refractivity contribution >= 4 is 47.7 Å². The van der Waals surface area contributed by atoms with Gasteiger partial charge in [-0.15, -0.1) is 0 Å². The number of carbonyl (C=O) groups excluding carboxylic acids is 5. The van der Waals surface area contributed by atoms with Crippen LogP contribution in [0.5, 0.6) is 0 Å². The number of halogens is 1. The second kappa shape index (κ2) is 14.9. The first-order chi connectivity index (χ1) is 28.8. The fourth-order valence-corrected chi connectivity index (χ4v) is 8.98. The molecule has 0 saturated carbocycles. The Labute approximate surface area is 343 Å². The lowest BCUT2D eigenvalue weighted by molar-refractivity contribution is 0.0890. The summed E-state index contributed by atoms with van der Waals surface area (Å²) in [6, 6.07) is 38.6. The number of imide groups is 1. The third kappa shape index (κ3) is 6.31. The fraction of sp³-hybridized carbons (Fsp3) is 0.163. The molecule has 0 aromatic heterocycles. The van der Waals surface area contributed by atoms with Crippen LogP contribution in [-0.2, 0) is 5.41 Å². The number of carbonyl (C=O) groups is 5. The molecule has 8 nitrogen and oxygen atoms in total. The van der Waals surface area contributed by atoms with E-state index in [2.05, 4.69) is 89.6 Å². The lowest BCUT2D eigenvalue weighted by Gasteiger charge is -2.35. The largest absolute Gasteiger partial charge is 0.493 e. The van der Waals surface area contributed by atoms with Crippen LogP contribution in [0.15, 0.2) is 121 Å². The van der Waals surface area contributed by atoms with Crippen molar-refractivity contribution in [3.05, 3.63) is 188 Å². The van der Waals surface area contributed by atoms with E-state index in [0.717, 1.165) is 57.0 Å². The fourth-order valence-electron chi connectivity index (χ4n) is 8.98. The molecule has 0 unspecified atom stereocenters. The third-order valence-corrected chi connectivity index (χ3v) is 11.5. The van der Waals surface area contributed by atoms with Gasteiger partial charge in [-0.05, 0) is 102 Å². The van der Waals surface area contributed by atoms with Gasteiger partial charge in [-0.3, -0.25) is 28.3 Å². The maximum atomic E-state index is 14.1. The predicted molar refractivity (Wildman–Crippen MR) is 228 cm³/mol. The average molecular weight is 785 g/mol. The van der Waals surface area contributed by atoms with Crippen molar-refractivity contribution in [3.63, 3.8) is 0 Å². The Morgan fingerprint density at radius 3 is 1.73 bits per heavy atom. The number of fused-ring (bicyclic) bond motifs is 5. The standard InChI is InChI=1S/C48H36N2O5.CH4BFO/c1-27-23-31(15-19-41(27)49(3)4)48(39-11-7-5-9-33(39)34-10-6-8-12-40(34)48)32-16-20-42(28(2)24-32)50-46(54)36-18-14-30(26-38(36)47(50)55)45(53)29-13-17-35-37(25-29)44(52)22-21-43(35)51;1-2(3)4/h5-20,23-26H,21-22H2,1-4H3;4H,1H3/i;4T. The van der Waals surface area contributed by atoms with Gasteiger partial charge >= 0.3 is 7.19 Å². The van der Waals surface area contributed by atoms with Crippen LogP contribution in [0.4, 0.5) is 15.7 Å². The molecule has 0 saturated heterocycles. The van der Waals surface area contributed by atoms with Gasteiger partial charge in [-0.1, -0.05) is 84.9 Å². The van der Waals surface area contributed by atoms with Gasteiger partial charge in [0.2, 0.25) is 0 Å². The summed E-state index contributed by atoms with van der Waals surface area (Å²) in [6.07, 6.45) is 0.270. The van der Waals surface area contributed by atoms with Crippen LogP contribution in [0.25, 0.3) is 11.1 Å². The molecule has 9 rings (SSSR count). The molecule has 59 heavy (non-hydrogen) atoms. The number of aryl methyl sites for hydroxylation is 2. The van der Waals surface area contributed by atoms with E-state index in [-0.39, 0.29) is 52.2 Å². The molecule has 292 valence electrons. The van der Waals surface area contributed by atoms with Crippen molar-refractivity contribution < 1.29 is 33.3 Å². The summed E-state index contributed by atoms with van der Waals surface area (Å²) >= 11 is 0. The quantitative estimate of drug-likeness (QED) is 0.0976. The van der Waals surface area contributed by atoms with Crippen LogP contribution in [0.2, 0.25) is 6.82 Å². The molecule has 2 aliphatic carbocycles. The zero-order valence-electron chi connectivity index (χ0n) is 34.3. The van der Waals surface area contributed by atoms with E-state index in [1.54, 1.807) is 0 Å². The number of ketones is 3. The van der Waals surface area contributed by atoms with Crippen LogP contribution in [0.1, 0.15) is 104 Å². The second-order valence-corrected chi connectivity index (χ2v) is 15.4. The summed E-state index contributed by atoms with van der Waals surface area (Å²) in [5, 5.41) is 3.33. The van der Waals surface area contributed by atoms with Gasteiger partial charge in [0.25, 0.3) is 11.8 Å². The third-order valence-electron chi connectivity index (χ3n) is 11.5. The Morgan fingerprint density at radius 1 is 0.661 bits per heavy atom. The Balaban J connectivity index is 0.000000943. The van der Waals surface area contributed by atoms with Gasteiger partial charge in [0, 0.05) is 54.9 Å². The van der Waals surface area contributed by atoms with E-state index in [1.165, 1.54) is 41.3 Å². The topological polar surface area (TPSA) is 112 Å². The highest BCUT2D eigenvalue weighted by molar-refractivity contribution is 6.39. The van der Waals surface area contributed by atoms with Crippen molar-refractivity contribution in [2.45, 2.75) is 38.9 Å². The lowest BCUT2D eigenvalue weighted by atomic mass is 9.67. The number of amides is 2. The molecule has 3 aliphatic rings.